The van der Waals surface area contributed by atoms with E-state index in [0.29, 0.717) is 37.7 Å². The maximum absolute atomic E-state index is 12.2. The predicted molar refractivity (Wildman–Crippen MR) is 61.8 cm³/mol. The molecule has 1 aliphatic rings. The lowest BCUT2D eigenvalue weighted by Gasteiger charge is -2.25. The van der Waals surface area contributed by atoms with Crippen molar-refractivity contribution in [1.82, 2.24) is 4.31 Å². The van der Waals surface area contributed by atoms with Gasteiger partial charge in [-0.25, -0.2) is 8.42 Å². The van der Waals surface area contributed by atoms with Crippen LogP contribution in [0, 0.1) is 0 Å². The molecule has 0 atom stereocenters. The van der Waals surface area contributed by atoms with Gasteiger partial charge in [-0.2, -0.15) is 4.31 Å². The average Bonchev–Trinajstić information content (AvgIpc) is 2.79. The lowest BCUT2D eigenvalue weighted by molar-refractivity contribution is 0.0730. The first-order chi connectivity index (χ1) is 7.64. The van der Waals surface area contributed by atoms with Gasteiger partial charge in [-0.05, 0) is 6.07 Å². The van der Waals surface area contributed by atoms with E-state index in [1.807, 2.05) is 0 Å². The van der Waals surface area contributed by atoms with Crippen molar-refractivity contribution in [3.8, 4) is 0 Å². The smallest absolute Gasteiger partial charge is 0.244 e. The summed E-state index contributed by atoms with van der Waals surface area (Å²) in [5, 5.41) is 1.65. The molecule has 0 aromatic carbocycles. The van der Waals surface area contributed by atoms with Crippen molar-refractivity contribution in [2.75, 3.05) is 26.3 Å². The second kappa shape index (κ2) is 4.80. The van der Waals surface area contributed by atoms with Gasteiger partial charge in [0, 0.05) is 29.9 Å². The Balaban J connectivity index is 2.23. The van der Waals surface area contributed by atoms with Gasteiger partial charge < -0.3 is 10.5 Å². The van der Waals surface area contributed by atoms with Crippen LogP contribution in [0.4, 0.5) is 0 Å². The van der Waals surface area contributed by atoms with Crippen LogP contribution in [-0.4, -0.2) is 39.0 Å². The van der Waals surface area contributed by atoms with Crippen LogP contribution < -0.4 is 5.73 Å². The Morgan fingerprint density at radius 2 is 2.12 bits per heavy atom. The molecule has 1 fully saturated rings. The summed E-state index contributed by atoms with van der Waals surface area (Å²) in [5.74, 6) is 0. The zero-order valence-corrected chi connectivity index (χ0v) is 10.4. The van der Waals surface area contributed by atoms with Crippen LogP contribution in [0.5, 0.6) is 0 Å². The van der Waals surface area contributed by atoms with E-state index < -0.39 is 10.0 Å². The summed E-state index contributed by atoms with van der Waals surface area (Å²) in [7, 11) is -3.34. The number of nitrogens with zero attached hydrogens (tertiary/aromatic N) is 1. The van der Waals surface area contributed by atoms with Crippen molar-refractivity contribution in [3.63, 3.8) is 0 Å². The van der Waals surface area contributed by atoms with Gasteiger partial charge >= 0.3 is 0 Å². The number of rotatable bonds is 3. The van der Waals surface area contributed by atoms with E-state index in [1.54, 1.807) is 11.4 Å². The van der Waals surface area contributed by atoms with Gasteiger partial charge in [-0.1, -0.05) is 0 Å². The molecule has 2 rings (SSSR count). The van der Waals surface area contributed by atoms with Crippen molar-refractivity contribution in [2.45, 2.75) is 11.4 Å². The third-order valence-electron chi connectivity index (χ3n) is 2.44. The molecule has 90 valence electrons. The van der Waals surface area contributed by atoms with Crippen molar-refractivity contribution in [1.29, 1.82) is 0 Å². The average molecular weight is 262 g/mol. The summed E-state index contributed by atoms with van der Waals surface area (Å²) in [6.45, 7) is 2.16. The molecule has 1 aromatic heterocycles. The van der Waals surface area contributed by atoms with Crippen LogP contribution in [0.1, 0.15) is 4.88 Å². The second-order valence-electron chi connectivity index (χ2n) is 3.47. The third-order valence-corrected chi connectivity index (χ3v) is 5.42. The quantitative estimate of drug-likeness (QED) is 0.846. The fourth-order valence-corrected chi connectivity index (χ4v) is 4.09. The molecule has 0 saturated carbocycles. The molecule has 0 amide bonds. The number of thiophene rings is 1. The molecular formula is C9H14N2O3S2. The van der Waals surface area contributed by atoms with E-state index in [4.69, 9.17) is 10.5 Å². The minimum Gasteiger partial charge on any atom is -0.379 e. The first-order valence-electron chi connectivity index (χ1n) is 5.00. The minimum atomic E-state index is -3.34. The van der Waals surface area contributed by atoms with Gasteiger partial charge in [-0.15, -0.1) is 11.3 Å². The minimum absolute atomic E-state index is 0.347. The molecule has 0 aliphatic carbocycles. The normalized spacial score (nSPS) is 18.8. The molecule has 0 spiro atoms. The summed E-state index contributed by atoms with van der Waals surface area (Å²) >= 11 is 1.38. The number of sulfonamides is 1. The molecule has 0 unspecified atom stereocenters. The molecule has 0 radical (unpaired) electrons. The molecule has 0 bridgehead atoms. The maximum atomic E-state index is 12.2. The van der Waals surface area contributed by atoms with Crippen LogP contribution >= 0.6 is 11.3 Å². The maximum Gasteiger partial charge on any atom is 0.244 e. The molecule has 1 aliphatic heterocycles. The molecule has 1 saturated heterocycles. The Kier molecular flexibility index (Phi) is 3.60. The number of hydrogen-bond donors (Lipinski definition) is 1. The monoisotopic (exact) mass is 262 g/mol. The number of ether oxygens (including phenoxy) is 1. The predicted octanol–water partition coefficient (Wildman–Crippen LogP) is 0.228. The summed E-state index contributed by atoms with van der Waals surface area (Å²) in [4.78, 5) is 1.23. The van der Waals surface area contributed by atoms with Crippen LogP contribution in [0.25, 0.3) is 0 Å². The Morgan fingerprint density at radius 3 is 2.69 bits per heavy atom. The molecule has 5 nitrogen and oxygen atoms in total. The third kappa shape index (κ3) is 2.28. The first-order valence-corrected chi connectivity index (χ1v) is 7.32. The van der Waals surface area contributed by atoms with Gasteiger partial charge in [-0.3, -0.25) is 0 Å². The highest BCUT2D eigenvalue weighted by Crippen LogP contribution is 2.22. The number of hydrogen-bond acceptors (Lipinski definition) is 5. The van der Waals surface area contributed by atoms with E-state index >= 15 is 0 Å². The second-order valence-corrected chi connectivity index (χ2v) is 6.40. The van der Waals surface area contributed by atoms with E-state index in [1.165, 1.54) is 15.6 Å². The molecule has 1 aromatic rings. The van der Waals surface area contributed by atoms with Gasteiger partial charge in [0.15, 0.2) is 0 Å². The van der Waals surface area contributed by atoms with Crippen molar-refractivity contribution < 1.29 is 13.2 Å². The van der Waals surface area contributed by atoms with E-state index in [0.717, 1.165) is 4.88 Å². The molecule has 2 N–H and O–H groups in total. The van der Waals surface area contributed by atoms with Crippen LogP contribution in [0.15, 0.2) is 16.3 Å². The zero-order chi connectivity index (χ0) is 11.6. The van der Waals surface area contributed by atoms with Gasteiger partial charge in [0.2, 0.25) is 10.0 Å². The Hall–Kier alpha value is -0.470. The fraction of sp³-hybridized carbons (Fsp3) is 0.556. The lowest BCUT2D eigenvalue weighted by atomic mass is 10.5. The van der Waals surface area contributed by atoms with Crippen LogP contribution in [0.3, 0.4) is 0 Å². The molecule has 7 heteroatoms. The Bertz CT molecular complexity index is 449. The Morgan fingerprint density at radius 1 is 1.44 bits per heavy atom. The molecule has 16 heavy (non-hydrogen) atoms. The van der Waals surface area contributed by atoms with Gasteiger partial charge in [0.25, 0.3) is 0 Å². The first kappa shape index (κ1) is 12.0. The largest absolute Gasteiger partial charge is 0.379 e. The molecule has 2 heterocycles. The summed E-state index contributed by atoms with van der Waals surface area (Å²) < 4.78 is 30.9. The van der Waals surface area contributed by atoms with Crippen molar-refractivity contribution in [3.05, 3.63) is 16.3 Å². The van der Waals surface area contributed by atoms with E-state index in [9.17, 15) is 8.42 Å². The molecular weight excluding hydrogens is 248 g/mol. The lowest BCUT2D eigenvalue weighted by Crippen LogP contribution is -2.40. The number of nitrogens with two attached hydrogens (primary N) is 1. The highest BCUT2D eigenvalue weighted by Gasteiger charge is 2.26. The van der Waals surface area contributed by atoms with E-state index in [-0.39, 0.29) is 0 Å². The van der Waals surface area contributed by atoms with Crippen molar-refractivity contribution >= 4 is 21.4 Å². The number of morpholine rings is 1. The fourth-order valence-electron chi connectivity index (χ4n) is 1.54. The zero-order valence-electron chi connectivity index (χ0n) is 8.76. The topological polar surface area (TPSA) is 72.6 Å². The summed E-state index contributed by atoms with van der Waals surface area (Å²) in [6, 6.07) is 1.65. The van der Waals surface area contributed by atoms with Crippen molar-refractivity contribution in [2.24, 2.45) is 5.73 Å². The Labute approximate surface area is 98.9 Å². The van der Waals surface area contributed by atoms with Gasteiger partial charge in [0.05, 0.1) is 18.1 Å². The highest BCUT2D eigenvalue weighted by atomic mass is 32.2. The summed E-state index contributed by atoms with van der Waals surface area (Å²) in [6.07, 6.45) is 0. The van der Waals surface area contributed by atoms with Gasteiger partial charge in [0.1, 0.15) is 0 Å². The van der Waals surface area contributed by atoms with E-state index in [2.05, 4.69) is 0 Å². The SMILES string of the molecule is NCc1cc(S(=O)(=O)N2CCOCC2)cs1. The van der Waals surface area contributed by atoms with Crippen LogP contribution in [-0.2, 0) is 21.3 Å². The summed E-state index contributed by atoms with van der Waals surface area (Å²) in [5.41, 5.74) is 5.47. The highest BCUT2D eigenvalue weighted by molar-refractivity contribution is 7.89. The standard InChI is InChI=1S/C9H14N2O3S2/c10-6-8-5-9(7-15-8)16(12,13)11-1-3-14-4-2-11/h5,7H,1-4,6,10H2. The van der Waals surface area contributed by atoms with Crippen LogP contribution in [0.2, 0.25) is 0 Å².